The Morgan fingerprint density at radius 3 is 2.55 bits per heavy atom. The summed E-state index contributed by atoms with van der Waals surface area (Å²) < 4.78 is 27.6. The summed E-state index contributed by atoms with van der Waals surface area (Å²) in [6, 6.07) is 16.1. The summed E-state index contributed by atoms with van der Waals surface area (Å²) in [4.78, 5) is 19.5. The summed E-state index contributed by atoms with van der Waals surface area (Å²) in [5, 5.41) is 9.31. The Morgan fingerprint density at radius 2 is 1.83 bits per heavy atom. The fourth-order valence-corrected chi connectivity index (χ4v) is 5.61. The molecule has 2 heterocycles. The van der Waals surface area contributed by atoms with Crippen LogP contribution in [0.3, 0.4) is 0 Å². The van der Waals surface area contributed by atoms with Gasteiger partial charge in [0.1, 0.15) is 5.82 Å². The molecule has 1 aliphatic rings. The number of carboxylic acid groups (broad SMARTS) is 1. The first-order valence-electron chi connectivity index (χ1n) is 9.64. The first-order valence-corrected chi connectivity index (χ1v) is 11.1. The van der Waals surface area contributed by atoms with Crippen molar-refractivity contribution in [2.24, 2.45) is 11.8 Å². The molecule has 0 bridgehead atoms. The number of rotatable bonds is 6. The third-order valence-electron chi connectivity index (χ3n) is 5.57. The highest BCUT2D eigenvalue weighted by Gasteiger charge is 2.36. The lowest BCUT2D eigenvalue weighted by Crippen LogP contribution is -2.45. The van der Waals surface area contributed by atoms with E-state index in [1.807, 2.05) is 24.3 Å². The van der Waals surface area contributed by atoms with Crippen LogP contribution in [0.15, 0.2) is 59.5 Å². The van der Waals surface area contributed by atoms with Gasteiger partial charge in [0.15, 0.2) is 0 Å². The quantitative estimate of drug-likeness (QED) is 0.647. The maximum Gasteiger partial charge on any atom is 0.303 e. The van der Waals surface area contributed by atoms with Crippen LogP contribution >= 0.6 is 0 Å². The average molecular weight is 413 g/mol. The van der Waals surface area contributed by atoms with E-state index in [1.165, 1.54) is 4.31 Å². The molecular weight excluding hydrogens is 390 g/mol. The molecule has 2 N–H and O–H groups in total. The lowest BCUT2D eigenvalue weighted by molar-refractivity contribution is -0.138. The Hall–Kier alpha value is -2.71. The zero-order valence-electron chi connectivity index (χ0n) is 15.9. The number of carboxylic acids is 1. The molecule has 2 unspecified atom stereocenters. The molecule has 8 heteroatoms. The largest absolute Gasteiger partial charge is 0.481 e. The highest BCUT2D eigenvalue weighted by atomic mass is 32.2. The third-order valence-corrected chi connectivity index (χ3v) is 7.45. The molecule has 4 rings (SSSR count). The minimum atomic E-state index is -3.61. The molecule has 7 nitrogen and oxygen atoms in total. The van der Waals surface area contributed by atoms with Crippen LogP contribution in [0.2, 0.25) is 0 Å². The summed E-state index contributed by atoms with van der Waals surface area (Å²) in [6.45, 7) is 0.609. The molecule has 2 aromatic carbocycles. The maximum atomic E-state index is 13.0. The van der Waals surface area contributed by atoms with E-state index >= 15 is 0 Å². The zero-order chi connectivity index (χ0) is 20.4. The lowest BCUT2D eigenvalue weighted by atomic mass is 9.82. The highest BCUT2D eigenvalue weighted by molar-refractivity contribution is 7.89. The van der Waals surface area contributed by atoms with Crippen LogP contribution in [-0.4, -0.2) is 46.9 Å². The van der Waals surface area contributed by atoms with E-state index in [0.717, 1.165) is 16.9 Å². The number of piperidine rings is 1. The Balaban J connectivity index is 1.59. The minimum absolute atomic E-state index is 0.0319. The molecule has 0 amide bonds. The molecule has 1 aliphatic heterocycles. The van der Waals surface area contributed by atoms with E-state index in [4.69, 9.17) is 0 Å². The van der Waals surface area contributed by atoms with Gasteiger partial charge in [-0.2, -0.15) is 4.31 Å². The second kappa shape index (κ2) is 7.96. The molecule has 1 fully saturated rings. The van der Waals surface area contributed by atoms with E-state index in [1.54, 1.807) is 30.3 Å². The second-order valence-corrected chi connectivity index (χ2v) is 9.43. The first kappa shape index (κ1) is 19.6. The Labute approximate surface area is 169 Å². The summed E-state index contributed by atoms with van der Waals surface area (Å²) in [5.41, 5.74) is 1.77. The second-order valence-electron chi connectivity index (χ2n) is 7.49. The Morgan fingerprint density at radius 1 is 1.10 bits per heavy atom. The van der Waals surface area contributed by atoms with Gasteiger partial charge in [-0.1, -0.05) is 30.3 Å². The molecule has 1 saturated heterocycles. The van der Waals surface area contributed by atoms with Crippen LogP contribution in [0, 0.1) is 11.8 Å². The monoisotopic (exact) mass is 413 g/mol. The van der Waals surface area contributed by atoms with Crippen molar-refractivity contribution in [2.45, 2.75) is 24.2 Å². The van der Waals surface area contributed by atoms with Crippen LogP contribution in [0.25, 0.3) is 11.0 Å². The van der Waals surface area contributed by atoms with Gasteiger partial charge >= 0.3 is 5.97 Å². The number of sulfonamides is 1. The molecule has 0 aliphatic carbocycles. The number of nitrogens with zero attached hydrogens (tertiary/aromatic N) is 2. The lowest BCUT2D eigenvalue weighted by Gasteiger charge is -2.37. The van der Waals surface area contributed by atoms with Crippen molar-refractivity contribution >= 4 is 27.0 Å². The number of aromatic amines is 1. The fraction of sp³-hybridized carbons (Fsp3) is 0.333. The number of nitrogens with one attached hydrogen (secondary N) is 1. The van der Waals surface area contributed by atoms with Gasteiger partial charge in [0.2, 0.25) is 10.0 Å². The number of hydrogen-bond acceptors (Lipinski definition) is 4. The maximum absolute atomic E-state index is 13.0. The van der Waals surface area contributed by atoms with E-state index in [9.17, 15) is 18.3 Å². The SMILES string of the molecule is O=C(O)CC1CCN(S(=O)(=O)c2ccccc2)CC1Cc1nc2ccccc2[nH]1. The number of H-pyrrole nitrogens is 1. The fourth-order valence-electron chi connectivity index (χ4n) is 4.08. The third kappa shape index (κ3) is 4.18. The molecule has 2 atom stereocenters. The highest BCUT2D eigenvalue weighted by Crippen LogP contribution is 2.32. The van der Waals surface area contributed by atoms with Crippen molar-refractivity contribution in [3.8, 4) is 0 Å². The van der Waals surface area contributed by atoms with Crippen molar-refractivity contribution in [1.82, 2.24) is 14.3 Å². The molecule has 152 valence electrons. The van der Waals surface area contributed by atoms with Crippen LogP contribution in [0.1, 0.15) is 18.7 Å². The van der Waals surface area contributed by atoms with Crippen molar-refractivity contribution in [2.75, 3.05) is 13.1 Å². The Kier molecular flexibility index (Phi) is 5.38. The molecule has 29 heavy (non-hydrogen) atoms. The summed E-state index contributed by atoms with van der Waals surface area (Å²) in [6.07, 6.45) is 1.06. The van der Waals surface area contributed by atoms with Crippen LogP contribution in [-0.2, 0) is 21.2 Å². The number of aromatic nitrogens is 2. The minimum Gasteiger partial charge on any atom is -0.481 e. The number of hydrogen-bond donors (Lipinski definition) is 2. The molecule has 3 aromatic rings. The zero-order valence-corrected chi connectivity index (χ0v) is 16.7. The van der Waals surface area contributed by atoms with E-state index < -0.39 is 16.0 Å². The average Bonchev–Trinajstić information content (AvgIpc) is 3.12. The predicted molar refractivity (Wildman–Crippen MR) is 109 cm³/mol. The normalized spacial score (nSPS) is 20.7. The number of para-hydroxylation sites is 2. The number of benzene rings is 2. The first-order chi connectivity index (χ1) is 13.9. The van der Waals surface area contributed by atoms with Crippen molar-refractivity contribution < 1.29 is 18.3 Å². The molecule has 0 saturated carbocycles. The standard InChI is InChI=1S/C21H23N3O4S/c25-21(26)13-15-10-11-24(29(27,28)17-6-2-1-3-7-17)14-16(15)12-20-22-18-8-4-5-9-19(18)23-20/h1-9,15-16H,10-14H2,(H,22,23)(H,25,26). The number of imidazole rings is 1. The van der Waals surface area contributed by atoms with Crippen molar-refractivity contribution in [1.29, 1.82) is 0 Å². The Bertz CT molecular complexity index is 1080. The van der Waals surface area contributed by atoms with Gasteiger partial charge in [0.05, 0.1) is 15.9 Å². The number of carbonyl (C=O) groups is 1. The molecule has 0 radical (unpaired) electrons. The van der Waals surface area contributed by atoms with E-state index in [2.05, 4.69) is 9.97 Å². The van der Waals surface area contributed by atoms with Gasteiger partial charge in [0, 0.05) is 25.9 Å². The predicted octanol–water partition coefficient (Wildman–Crippen LogP) is 2.91. The number of aliphatic carboxylic acids is 1. The number of fused-ring (bicyclic) bond motifs is 1. The van der Waals surface area contributed by atoms with Gasteiger partial charge in [-0.3, -0.25) is 4.79 Å². The van der Waals surface area contributed by atoms with Crippen LogP contribution < -0.4 is 0 Å². The summed E-state index contributed by atoms with van der Waals surface area (Å²) in [7, 11) is -3.61. The smallest absolute Gasteiger partial charge is 0.303 e. The summed E-state index contributed by atoms with van der Waals surface area (Å²) >= 11 is 0. The van der Waals surface area contributed by atoms with Gasteiger partial charge < -0.3 is 10.1 Å². The van der Waals surface area contributed by atoms with Crippen LogP contribution in [0.4, 0.5) is 0 Å². The van der Waals surface area contributed by atoms with Crippen molar-refractivity contribution in [3.63, 3.8) is 0 Å². The molecule has 1 aromatic heterocycles. The van der Waals surface area contributed by atoms with Gasteiger partial charge in [-0.05, 0) is 42.5 Å². The van der Waals surface area contributed by atoms with E-state index in [-0.39, 0.29) is 29.7 Å². The topological polar surface area (TPSA) is 103 Å². The van der Waals surface area contributed by atoms with E-state index in [0.29, 0.717) is 19.4 Å². The van der Waals surface area contributed by atoms with Crippen molar-refractivity contribution in [3.05, 3.63) is 60.4 Å². The van der Waals surface area contributed by atoms with Gasteiger partial charge in [0.25, 0.3) is 0 Å². The molecule has 0 spiro atoms. The van der Waals surface area contributed by atoms with Gasteiger partial charge in [-0.15, -0.1) is 0 Å². The molecular formula is C21H23N3O4S. The van der Waals surface area contributed by atoms with Gasteiger partial charge in [-0.25, -0.2) is 13.4 Å². The van der Waals surface area contributed by atoms with Crippen LogP contribution in [0.5, 0.6) is 0 Å². The summed E-state index contributed by atoms with van der Waals surface area (Å²) in [5.74, 6) is -0.323.